The average molecular weight is 679 g/mol. The number of hydrogen-bond acceptors (Lipinski definition) is 6. The molecule has 50 heavy (non-hydrogen) atoms. The summed E-state index contributed by atoms with van der Waals surface area (Å²) >= 11 is 0. The zero-order chi connectivity index (χ0) is 35.4. The van der Waals surface area contributed by atoms with Gasteiger partial charge in [0, 0.05) is 5.54 Å². The summed E-state index contributed by atoms with van der Waals surface area (Å²) in [5.41, 5.74) is 3.72. The minimum Gasteiger partial charge on any atom is -0.375 e. The Balaban J connectivity index is 1.49. The van der Waals surface area contributed by atoms with Crippen molar-refractivity contribution in [3.63, 3.8) is 0 Å². The molecular formula is C43H54N2O5. The maximum absolute atomic E-state index is 14.5. The fourth-order valence-corrected chi connectivity index (χ4v) is 6.94. The van der Waals surface area contributed by atoms with Crippen LogP contribution in [0.4, 0.5) is 0 Å². The second-order valence-corrected chi connectivity index (χ2v) is 15.1. The molecule has 0 saturated carbocycles. The first-order valence-electron chi connectivity index (χ1n) is 17.7. The molecule has 7 nitrogen and oxygen atoms in total. The Labute approximate surface area is 298 Å². The van der Waals surface area contributed by atoms with Crippen molar-refractivity contribution < 1.29 is 23.7 Å². The van der Waals surface area contributed by atoms with Crippen molar-refractivity contribution >= 4 is 5.91 Å². The van der Waals surface area contributed by atoms with E-state index in [4.69, 9.17) is 18.9 Å². The molecule has 1 aliphatic heterocycles. The van der Waals surface area contributed by atoms with Crippen LogP contribution in [0.2, 0.25) is 0 Å². The van der Waals surface area contributed by atoms with Gasteiger partial charge in [0.05, 0.1) is 39.1 Å². The van der Waals surface area contributed by atoms with Gasteiger partial charge in [-0.2, -0.15) is 0 Å². The lowest BCUT2D eigenvalue weighted by molar-refractivity contribution is -0.196. The van der Waals surface area contributed by atoms with Crippen LogP contribution >= 0.6 is 0 Å². The average Bonchev–Trinajstić information content (AvgIpc) is 3.09. The molecule has 1 fully saturated rings. The highest BCUT2D eigenvalue weighted by atomic mass is 16.6. The van der Waals surface area contributed by atoms with Gasteiger partial charge in [0.25, 0.3) is 0 Å². The lowest BCUT2D eigenvalue weighted by Gasteiger charge is -2.47. The molecule has 0 aliphatic carbocycles. The third-order valence-electron chi connectivity index (χ3n) is 8.75. The third kappa shape index (κ3) is 11.6. The van der Waals surface area contributed by atoms with Gasteiger partial charge < -0.3 is 24.3 Å². The lowest BCUT2D eigenvalue weighted by atomic mass is 9.81. The molecule has 0 unspecified atom stereocenters. The molecule has 1 saturated heterocycles. The third-order valence-corrected chi connectivity index (χ3v) is 8.75. The van der Waals surface area contributed by atoms with Crippen molar-refractivity contribution in [3.05, 3.63) is 144 Å². The standard InChI is InChI=1S/C43H54N2O5/c1-42(2,3)31-43(4,5)45-41(46)37-39(49-28-34-22-14-8-15-23-34)40(50-29-35-24-16-9-17-25-35)38(48-27-33-20-12-7-13-21-33)36(44-37)30-47-26-32-18-10-6-11-19-32/h6-25,36-40,44H,26-31H2,1-5H3,(H,45,46)/t36-,37+,38-,39+,40+/m1/s1. The predicted octanol–water partition coefficient (Wildman–Crippen LogP) is 7.63. The van der Waals surface area contributed by atoms with Crippen LogP contribution in [0.1, 0.15) is 63.3 Å². The Hall–Kier alpha value is -3.85. The molecular weight excluding hydrogens is 624 g/mol. The molecule has 0 aromatic heterocycles. The lowest BCUT2D eigenvalue weighted by Crippen LogP contribution is -2.71. The Bertz CT molecular complexity index is 1560. The topological polar surface area (TPSA) is 78.1 Å². The van der Waals surface area contributed by atoms with E-state index in [1.807, 2.05) is 121 Å². The van der Waals surface area contributed by atoms with Gasteiger partial charge in [-0.15, -0.1) is 0 Å². The molecule has 4 aromatic rings. The Morgan fingerprint density at radius 1 is 0.580 bits per heavy atom. The van der Waals surface area contributed by atoms with Crippen molar-refractivity contribution in [3.8, 4) is 0 Å². The number of carbonyl (C=O) groups is 1. The minimum atomic E-state index is -0.736. The van der Waals surface area contributed by atoms with E-state index in [1.54, 1.807) is 0 Å². The first-order valence-corrected chi connectivity index (χ1v) is 17.7. The number of carbonyl (C=O) groups excluding carboxylic acids is 1. The molecule has 7 heteroatoms. The minimum absolute atomic E-state index is 0.0193. The molecule has 4 aromatic carbocycles. The van der Waals surface area contributed by atoms with Crippen molar-refractivity contribution in [2.24, 2.45) is 5.41 Å². The number of nitrogens with one attached hydrogen (secondary N) is 2. The highest BCUT2D eigenvalue weighted by molar-refractivity contribution is 5.83. The zero-order valence-electron chi connectivity index (χ0n) is 30.2. The Kier molecular flexibility index (Phi) is 13.4. The van der Waals surface area contributed by atoms with Crippen molar-refractivity contribution in [1.82, 2.24) is 10.6 Å². The van der Waals surface area contributed by atoms with E-state index in [2.05, 4.69) is 45.3 Å². The first-order chi connectivity index (χ1) is 24.1. The van der Waals surface area contributed by atoms with Gasteiger partial charge in [-0.1, -0.05) is 142 Å². The highest BCUT2D eigenvalue weighted by Crippen LogP contribution is 2.30. The molecule has 5 atom stereocenters. The van der Waals surface area contributed by atoms with Crippen LogP contribution in [0, 0.1) is 5.41 Å². The van der Waals surface area contributed by atoms with Gasteiger partial charge in [-0.3, -0.25) is 10.1 Å². The second-order valence-electron chi connectivity index (χ2n) is 15.1. The van der Waals surface area contributed by atoms with E-state index < -0.39 is 29.9 Å². The summed E-state index contributed by atoms with van der Waals surface area (Å²) in [5.74, 6) is -0.139. The van der Waals surface area contributed by atoms with Crippen molar-refractivity contribution in [2.45, 2.75) is 103 Å². The van der Waals surface area contributed by atoms with Crippen LogP contribution in [-0.4, -0.2) is 48.4 Å². The van der Waals surface area contributed by atoms with E-state index in [9.17, 15) is 4.79 Å². The van der Waals surface area contributed by atoms with Crippen molar-refractivity contribution in [2.75, 3.05) is 6.61 Å². The number of benzene rings is 4. The fourth-order valence-electron chi connectivity index (χ4n) is 6.94. The Morgan fingerprint density at radius 2 is 0.980 bits per heavy atom. The molecule has 0 radical (unpaired) electrons. The number of piperidine rings is 1. The van der Waals surface area contributed by atoms with E-state index >= 15 is 0 Å². The van der Waals surface area contributed by atoms with E-state index in [0.717, 1.165) is 28.7 Å². The molecule has 2 N–H and O–H groups in total. The van der Waals surface area contributed by atoms with Crippen LogP contribution in [0.15, 0.2) is 121 Å². The SMILES string of the molecule is CC(C)(C)CC(C)(C)NC(=O)[C@H]1N[C@H](COCc2ccccc2)[C@@H](OCc2ccccc2)[C@H](OCc2ccccc2)[C@H]1OCc1ccccc1. The number of ether oxygens (including phenoxy) is 4. The maximum atomic E-state index is 14.5. The number of hydrogen-bond donors (Lipinski definition) is 2. The highest BCUT2D eigenvalue weighted by Gasteiger charge is 2.50. The number of rotatable bonds is 16. The summed E-state index contributed by atoms with van der Waals surface area (Å²) in [7, 11) is 0. The van der Waals surface area contributed by atoms with Crippen molar-refractivity contribution in [1.29, 1.82) is 0 Å². The van der Waals surface area contributed by atoms with E-state index in [0.29, 0.717) is 33.0 Å². The van der Waals surface area contributed by atoms with E-state index in [1.165, 1.54) is 0 Å². The normalized spacial score (nSPS) is 21.1. The summed E-state index contributed by atoms with van der Waals surface area (Å²) in [6.07, 6.45) is -0.970. The fraction of sp³-hybridized carbons (Fsp3) is 0.419. The molecule has 0 bridgehead atoms. The van der Waals surface area contributed by atoms with Crippen LogP contribution in [0.25, 0.3) is 0 Å². The summed E-state index contributed by atoms with van der Waals surface area (Å²) < 4.78 is 26.7. The number of amides is 1. The monoisotopic (exact) mass is 678 g/mol. The molecule has 0 spiro atoms. The molecule has 1 amide bonds. The summed E-state index contributed by atoms with van der Waals surface area (Å²) in [6.45, 7) is 12.5. The van der Waals surface area contributed by atoms with Gasteiger partial charge in [-0.05, 0) is 47.9 Å². The van der Waals surface area contributed by atoms with Gasteiger partial charge in [0.2, 0.25) is 5.91 Å². The zero-order valence-corrected chi connectivity index (χ0v) is 30.2. The second kappa shape index (κ2) is 17.9. The molecule has 266 valence electrons. The molecule has 1 heterocycles. The van der Waals surface area contributed by atoms with E-state index in [-0.39, 0.29) is 17.4 Å². The smallest absolute Gasteiger partial charge is 0.240 e. The van der Waals surface area contributed by atoms with Crippen LogP contribution in [-0.2, 0) is 50.2 Å². The van der Waals surface area contributed by atoms with Crippen LogP contribution in [0.5, 0.6) is 0 Å². The van der Waals surface area contributed by atoms with Gasteiger partial charge in [0.15, 0.2) is 0 Å². The Morgan fingerprint density at radius 3 is 1.42 bits per heavy atom. The quantitative estimate of drug-likeness (QED) is 0.127. The largest absolute Gasteiger partial charge is 0.375 e. The van der Waals surface area contributed by atoms with Crippen LogP contribution < -0.4 is 10.6 Å². The van der Waals surface area contributed by atoms with Gasteiger partial charge in [0.1, 0.15) is 24.4 Å². The van der Waals surface area contributed by atoms with Gasteiger partial charge in [-0.25, -0.2) is 0 Å². The first kappa shape index (κ1) is 37.4. The summed E-state index contributed by atoms with van der Waals surface area (Å²) in [4.78, 5) is 14.5. The van der Waals surface area contributed by atoms with Crippen LogP contribution in [0.3, 0.4) is 0 Å². The predicted molar refractivity (Wildman–Crippen MR) is 198 cm³/mol. The summed E-state index contributed by atoms with van der Waals surface area (Å²) in [5, 5.41) is 7.02. The molecule has 5 rings (SSSR count). The van der Waals surface area contributed by atoms with Gasteiger partial charge >= 0.3 is 0 Å². The maximum Gasteiger partial charge on any atom is 0.240 e. The summed E-state index contributed by atoms with van der Waals surface area (Å²) in [6, 6.07) is 39.2. The molecule has 1 aliphatic rings.